The van der Waals surface area contributed by atoms with Gasteiger partial charge in [-0.3, -0.25) is 0 Å². The predicted octanol–water partition coefficient (Wildman–Crippen LogP) is 1.92. The molecule has 3 heteroatoms. The third-order valence-electron chi connectivity index (χ3n) is 2.91. The average molecular weight is 250 g/mol. The fourth-order valence-electron chi connectivity index (χ4n) is 1.87. The number of rotatable bonds is 9. The van der Waals surface area contributed by atoms with Gasteiger partial charge in [-0.2, -0.15) is 0 Å². The minimum absolute atomic E-state index is 0.729. The van der Waals surface area contributed by atoms with E-state index < -0.39 is 0 Å². The second-order valence-corrected chi connectivity index (χ2v) is 4.83. The smallest absolute Gasteiger partial charge is 0.0719 e. The zero-order valence-electron chi connectivity index (χ0n) is 11.9. The van der Waals surface area contributed by atoms with Crippen molar-refractivity contribution in [3.63, 3.8) is 0 Å². The van der Waals surface area contributed by atoms with Crippen LogP contribution < -0.4 is 5.32 Å². The van der Waals surface area contributed by atoms with Crippen molar-refractivity contribution in [2.24, 2.45) is 0 Å². The maximum absolute atomic E-state index is 5.74. The Morgan fingerprint density at radius 1 is 1.17 bits per heavy atom. The minimum Gasteiger partial charge on any atom is -0.377 e. The van der Waals surface area contributed by atoms with Crippen molar-refractivity contribution >= 4 is 0 Å². The Labute approximate surface area is 111 Å². The third kappa shape index (κ3) is 6.15. The van der Waals surface area contributed by atoms with Crippen LogP contribution in [0.1, 0.15) is 17.5 Å². The molecule has 0 aliphatic heterocycles. The summed E-state index contributed by atoms with van der Waals surface area (Å²) in [5, 5.41) is 3.19. The second kappa shape index (κ2) is 9.09. The normalized spacial score (nSPS) is 11.1. The lowest BCUT2D eigenvalue weighted by molar-refractivity contribution is 0.112. The summed E-state index contributed by atoms with van der Waals surface area (Å²) in [6.45, 7) is 3.66. The van der Waals surface area contributed by atoms with Gasteiger partial charge in [0.05, 0.1) is 6.61 Å². The van der Waals surface area contributed by atoms with Gasteiger partial charge in [0.2, 0.25) is 0 Å². The lowest BCUT2D eigenvalue weighted by atomic mass is 10.1. The lowest BCUT2D eigenvalue weighted by Gasteiger charge is -2.11. The number of nitrogens with zero attached hydrogens (tertiary/aromatic N) is 1. The van der Waals surface area contributed by atoms with E-state index in [0.29, 0.717) is 0 Å². The highest BCUT2D eigenvalue weighted by Crippen LogP contribution is 2.10. The van der Waals surface area contributed by atoms with Crippen molar-refractivity contribution in [1.29, 1.82) is 0 Å². The molecule has 0 unspecified atom stereocenters. The molecule has 0 atom stereocenters. The number of hydrogen-bond donors (Lipinski definition) is 1. The van der Waals surface area contributed by atoms with E-state index in [1.807, 2.05) is 7.05 Å². The van der Waals surface area contributed by atoms with Crippen molar-refractivity contribution in [3.8, 4) is 0 Å². The van der Waals surface area contributed by atoms with E-state index in [2.05, 4.69) is 48.6 Å². The first kappa shape index (κ1) is 15.2. The topological polar surface area (TPSA) is 24.5 Å². The van der Waals surface area contributed by atoms with Gasteiger partial charge in [0.25, 0.3) is 0 Å². The molecule has 0 spiro atoms. The van der Waals surface area contributed by atoms with Gasteiger partial charge in [-0.1, -0.05) is 24.3 Å². The summed E-state index contributed by atoms with van der Waals surface area (Å²) in [5.41, 5.74) is 2.71. The Balaban J connectivity index is 2.32. The molecule has 0 saturated heterocycles. The molecule has 3 nitrogen and oxygen atoms in total. The molecule has 1 rings (SSSR count). The van der Waals surface area contributed by atoms with E-state index >= 15 is 0 Å². The molecule has 18 heavy (non-hydrogen) atoms. The van der Waals surface area contributed by atoms with Crippen LogP contribution in [-0.4, -0.2) is 45.7 Å². The van der Waals surface area contributed by atoms with Crippen LogP contribution in [0, 0.1) is 0 Å². The number of ether oxygens (including phenoxy) is 1. The van der Waals surface area contributed by atoms with Crippen LogP contribution in [0.5, 0.6) is 0 Å². The molecule has 1 N–H and O–H groups in total. The molecule has 0 heterocycles. The molecular formula is C15H26N2O. The molecule has 1 aromatic rings. The van der Waals surface area contributed by atoms with E-state index in [9.17, 15) is 0 Å². The summed E-state index contributed by atoms with van der Waals surface area (Å²) in [6, 6.07) is 8.54. The molecule has 1 aromatic carbocycles. The van der Waals surface area contributed by atoms with Gasteiger partial charge < -0.3 is 15.0 Å². The molecular weight excluding hydrogens is 224 g/mol. The Kier molecular flexibility index (Phi) is 7.65. The van der Waals surface area contributed by atoms with E-state index in [4.69, 9.17) is 4.74 Å². The first-order chi connectivity index (χ1) is 8.74. The van der Waals surface area contributed by atoms with E-state index in [-0.39, 0.29) is 0 Å². The zero-order valence-corrected chi connectivity index (χ0v) is 11.9. The molecule has 0 saturated carbocycles. The van der Waals surface area contributed by atoms with Crippen molar-refractivity contribution in [2.45, 2.75) is 19.4 Å². The van der Waals surface area contributed by atoms with Crippen LogP contribution in [0.15, 0.2) is 24.3 Å². The fourth-order valence-corrected chi connectivity index (χ4v) is 1.87. The Morgan fingerprint density at radius 2 is 1.89 bits per heavy atom. The summed E-state index contributed by atoms with van der Waals surface area (Å²) in [5.74, 6) is 0. The van der Waals surface area contributed by atoms with Crippen LogP contribution in [0.3, 0.4) is 0 Å². The van der Waals surface area contributed by atoms with Crippen LogP contribution in [0.25, 0.3) is 0 Å². The summed E-state index contributed by atoms with van der Waals surface area (Å²) in [4.78, 5) is 2.18. The largest absolute Gasteiger partial charge is 0.377 e. The standard InChI is InChI=1S/C15H26N2O/c1-16-10-9-14-7-4-5-8-15(14)13-18-12-6-11-17(2)3/h4-5,7-8,16H,6,9-13H2,1-3H3. The summed E-state index contributed by atoms with van der Waals surface area (Å²) < 4.78 is 5.74. The van der Waals surface area contributed by atoms with Gasteiger partial charge in [0.15, 0.2) is 0 Å². The third-order valence-corrected chi connectivity index (χ3v) is 2.91. The molecule has 0 bridgehead atoms. The van der Waals surface area contributed by atoms with Crippen molar-refractivity contribution < 1.29 is 4.74 Å². The highest BCUT2D eigenvalue weighted by Gasteiger charge is 2.01. The molecule has 0 radical (unpaired) electrons. The zero-order chi connectivity index (χ0) is 13.2. The SMILES string of the molecule is CNCCc1ccccc1COCCCN(C)C. The monoisotopic (exact) mass is 250 g/mol. The van der Waals surface area contributed by atoms with Gasteiger partial charge in [-0.15, -0.1) is 0 Å². The second-order valence-electron chi connectivity index (χ2n) is 4.83. The van der Waals surface area contributed by atoms with E-state index in [1.165, 1.54) is 11.1 Å². The Bertz CT molecular complexity index is 326. The van der Waals surface area contributed by atoms with Crippen LogP contribution >= 0.6 is 0 Å². The van der Waals surface area contributed by atoms with Gasteiger partial charge in [0.1, 0.15) is 0 Å². The first-order valence-electron chi connectivity index (χ1n) is 6.68. The summed E-state index contributed by atoms with van der Waals surface area (Å²) in [7, 11) is 6.17. The number of nitrogens with one attached hydrogen (secondary N) is 1. The van der Waals surface area contributed by atoms with E-state index in [0.717, 1.165) is 39.1 Å². The van der Waals surface area contributed by atoms with Gasteiger partial charge >= 0.3 is 0 Å². The fraction of sp³-hybridized carbons (Fsp3) is 0.600. The van der Waals surface area contributed by atoms with Crippen molar-refractivity contribution in [1.82, 2.24) is 10.2 Å². The van der Waals surface area contributed by atoms with Gasteiger partial charge in [-0.25, -0.2) is 0 Å². The Hall–Kier alpha value is -0.900. The highest BCUT2D eigenvalue weighted by atomic mass is 16.5. The predicted molar refractivity (Wildman–Crippen MR) is 76.9 cm³/mol. The maximum Gasteiger partial charge on any atom is 0.0719 e. The minimum atomic E-state index is 0.729. The number of hydrogen-bond acceptors (Lipinski definition) is 3. The molecule has 102 valence electrons. The van der Waals surface area contributed by atoms with Crippen LogP contribution in [-0.2, 0) is 17.8 Å². The molecule has 0 aliphatic rings. The molecule has 0 amide bonds. The Morgan fingerprint density at radius 3 is 2.56 bits per heavy atom. The molecule has 0 fully saturated rings. The lowest BCUT2D eigenvalue weighted by Crippen LogP contribution is -2.15. The quantitative estimate of drug-likeness (QED) is 0.678. The number of benzene rings is 1. The number of likely N-dealkylation sites (N-methyl/N-ethyl adjacent to an activating group) is 1. The highest BCUT2D eigenvalue weighted by molar-refractivity contribution is 5.26. The molecule has 0 aliphatic carbocycles. The maximum atomic E-state index is 5.74. The first-order valence-corrected chi connectivity index (χ1v) is 6.68. The average Bonchev–Trinajstić information content (AvgIpc) is 2.36. The van der Waals surface area contributed by atoms with Crippen molar-refractivity contribution in [3.05, 3.63) is 35.4 Å². The van der Waals surface area contributed by atoms with Crippen LogP contribution in [0.4, 0.5) is 0 Å². The van der Waals surface area contributed by atoms with Crippen LogP contribution in [0.2, 0.25) is 0 Å². The summed E-state index contributed by atoms with van der Waals surface area (Å²) >= 11 is 0. The van der Waals surface area contributed by atoms with Crippen molar-refractivity contribution in [2.75, 3.05) is 40.8 Å². The summed E-state index contributed by atoms with van der Waals surface area (Å²) in [6.07, 6.45) is 2.15. The molecule has 0 aromatic heterocycles. The van der Waals surface area contributed by atoms with E-state index in [1.54, 1.807) is 0 Å². The van der Waals surface area contributed by atoms with Gasteiger partial charge in [0, 0.05) is 6.61 Å². The van der Waals surface area contributed by atoms with Gasteiger partial charge in [-0.05, 0) is 58.2 Å².